The molecule has 2 aliphatic heterocycles. The van der Waals surface area contributed by atoms with Gasteiger partial charge in [0.1, 0.15) is 0 Å². The number of H-pyrrole nitrogens is 1. The molecule has 1 atom stereocenters. The van der Waals surface area contributed by atoms with Gasteiger partial charge in [0.15, 0.2) is 5.01 Å². The fraction of sp³-hybridized carbons (Fsp3) is 0.296. The van der Waals surface area contributed by atoms with Gasteiger partial charge in [-0.25, -0.2) is 4.98 Å². The molecule has 0 aliphatic carbocycles. The van der Waals surface area contributed by atoms with Crippen LogP contribution in [0.1, 0.15) is 32.1 Å². The predicted octanol–water partition coefficient (Wildman–Crippen LogP) is 4.64. The van der Waals surface area contributed by atoms with Crippen molar-refractivity contribution in [3.8, 4) is 11.1 Å². The van der Waals surface area contributed by atoms with Gasteiger partial charge in [0, 0.05) is 78.1 Å². The van der Waals surface area contributed by atoms with Gasteiger partial charge in [0.25, 0.3) is 11.8 Å². The quantitative estimate of drug-likeness (QED) is 0.387. The number of halogens is 3. The van der Waals surface area contributed by atoms with Crippen molar-refractivity contribution < 1.29 is 22.8 Å². The Morgan fingerprint density at radius 1 is 1.00 bits per heavy atom. The van der Waals surface area contributed by atoms with Crippen molar-refractivity contribution in [1.82, 2.24) is 25.1 Å². The lowest BCUT2D eigenvalue weighted by Gasteiger charge is -2.41. The van der Waals surface area contributed by atoms with E-state index in [-0.39, 0.29) is 23.9 Å². The topological polar surface area (TPSA) is 81.3 Å². The lowest BCUT2D eigenvalue weighted by molar-refractivity contribution is -0.137. The molecule has 38 heavy (non-hydrogen) atoms. The van der Waals surface area contributed by atoms with Gasteiger partial charge < -0.3 is 20.1 Å². The summed E-state index contributed by atoms with van der Waals surface area (Å²) in [4.78, 5) is 36.4. The highest BCUT2D eigenvalue weighted by molar-refractivity contribution is 7.11. The van der Waals surface area contributed by atoms with Crippen LogP contribution in [0, 0.1) is 0 Å². The summed E-state index contributed by atoms with van der Waals surface area (Å²) >= 11 is 1.35. The molecule has 4 aromatic rings. The Labute approximate surface area is 220 Å². The van der Waals surface area contributed by atoms with E-state index in [2.05, 4.69) is 15.3 Å². The third-order valence-corrected chi connectivity index (χ3v) is 7.94. The van der Waals surface area contributed by atoms with Crippen LogP contribution in [-0.4, -0.2) is 69.8 Å². The van der Waals surface area contributed by atoms with Crippen LogP contribution in [0.15, 0.2) is 60.2 Å². The number of aromatic nitrogens is 2. The van der Waals surface area contributed by atoms with Crippen molar-refractivity contribution in [2.45, 2.75) is 24.7 Å². The molecule has 2 saturated heterocycles. The molecule has 2 aromatic carbocycles. The van der Waals surface area contributed by atoms with Crippen LogP contribution in [0.2, 0.25) is 0 Å². The molecular weight excluding hydrogens is 515 g/mol. The number of thiazole rings is 1. The van der Waals surface area contributed by atoms with Crippen LogP contribution in [0.3, 0.4) is 0 Å². The smallest absolute Gasteiger partial charge is 0.361 e. The fourth-order valence-corrected chi connectivity index (χ4v) is 5.75. The molecule has 2 aromatic heterocycles. The van der Waals surface area contributed by atoms with Gasteiger partial charge in [0.05, 0.1) is 5.56 Å². The predicted molar refractivity (Wildman–Crippen MR) is 138 cm³/mol. The number of hydrogen-bond acceptors (Lipinski definition) is 5. The average Bonchev–Trinajstić information content (AvgIpc) is 3.65. The van der Waals surface area contributed by atoms with Crippen LogP contribution < -0.4 is 5.32 Å². The lowest BCUT2D eigenvalue weighted by atomic mass is 10.0. The number of likely N-dealkylation sites (tertiary alicyclic amines) is 2. The molecule has 0 bridgehead atoms. The van der Waals surface area contributed by atoms with Gasteiger partial charge in [0.2, 0.25) is 0 Å². The van der Waals surface area contributed by atoms with Crippen LogP contribution in [0.5, 0.6) is 0 Å². The number of rotatable bonds is 5. The summed E-state index contributed by atoms with van der Waals surface area (Å²) in [7, 11) is 0. The minimum Gasteiger partial charge on any atom is -0.361 e. The first-order valence-corrected chi connectivity index (χ1v) is 13.2. The second-order valence-electron chi connectivity index (χ2n) is 9.69. The highest BCUT2D eigenvalue weighted by Crippen LogP contribution is 2.34. The molecule has 0 saturated carbocycles. The van der Waals surface area contributed by atoms with Crippen molar-refractivity contribution >= 4 is 34.1 Å². The largest absolute Gasteiger partial charge is 0.416 e. The molecule has 4 heterocycles. The number of aromatic amines is 1. The first-order chi connectivity index (χ1) is 18.3. The summed E-state index contributed by atoms with van der Waals surface area (Å²) in [6, 6.07) is 10.8. The van der Waals surface area contributed by atoms with E-state index in [1.807, 2.05) is 11.0 Å². The number of benzene rings is 2. The summed E-state index contributed by atoms with van der Waals surface area (Å²) in [5.41, 5.74) is 2.05. The molecular formula is C27H24F3N5O2S. The van der Waals surface area contributed by atoms with E-state index in [0.29, 0.717) is 42.3 Å². The van der Waals surface area contributed by atoms with Crippen molar-refractivity contribution in [1.29, 1.82) is 0 Å². The third-order valence-electron chi connectivity index (χ3n) is 7.18. The Morgan fingerprint density at radius 3 is 2.47 bits per heavy atom. The molecule has 0 radical (unpaired) electrons. The number of nitrogens with one attached hydrogen (secondary N) is 2. The zero-order chi connectivity index (χ0) is 26.4. The maximum Gasteiger partial charge on any atom is 0.416 e. The van der Waals surface area contributed by atoms with E-state index in [1.165, 1.54) is 23.5 Å². The summed E-state index contributed by atoms with van der Waals surface area (Å²) in [6.45, 7) is 2.51. The molecule has 0 unspecified atom stereocenters. The van der Waals surface area contributed by atoms with Crippen molar-refractivity contribution in [2.75, 3.05) is 26.2 Å². The number of fused-ring (bicyclic) bond motifs is 1. The molecule has 2 N–H and O–H groups in total. The van der Waals surface area contributed by atoms with Crippen molar-refractivity contribution in [3.63, 3.8) is 0 Å². The van der Waals surface area contributed by atoms with E-state index >= 15 is 0 Å². The summed E-state index contributed by atoms with van der Waals surface area (Å²) in [5.74, 6) is -0.0986. The molecule has 2 aliphatic rings. The number of amides is 2. The Morgan fingerprint density at radius 2 is 1.76 bits per heavy atom. The lowest BCUT2D eigenvalue weighted by Crippen LogP contribution is -2.62. The van der Waals surface area contributed by atoms with Crippen molar-refractivity contribution in [3.05, 3.63) is 76.4 Å². The van der Waals surface area contributed by atoms with Gasteiger partial charge in [-0.3, -0.25) is 9.59 Å². The van der Waals surface area contributed by atoms with E-state index in [4.69, 9.17) is 0 Å². The van der Waals surface area contributed by atoms with Crippen LogP contribution in [0.4, 0.5) is 13.2 Å². The molecule has 196 valence electrons. The zero-order valence-corrected chi connectivity index (χ0v) is 21.0. The normalized spacial score (nSPS) is 18.2. The average molecular weight is 540 g/mol. The summed E-state index contributed by atoms with van der Waals surface area (Å²) in [6.07, 6.45) is -0.130. The zero-order valence-electron chi connectivity index (χ0n) is 20.2. The van der Waals surface area contributed by atoms with E-state index in [1.54, 1.807) is 34.8 Å². The number of carbonyl (C=O) groups is 2. The van der Waals surface area contributed by atoms with Gasteiger partial charge in [-0.15, -0.1) is 11.3 Å². The van der Waals surface area contributed by atoms with E-state index < -0.39 is 11.7 Å². The maximum atomic E-state index is 13.1. The Hall–Kier alpha value is -3.70. The van der Waals surface area contributed by atoms with E-state index in [9.17, 15) is 22.8 Å². The second kappa shape index (κ2) is 9.55. The number of nitrogens with zero attached hydrogens (tertiary/aromatic N) is 3. The Kier molecular flexibility index (Phi) is 6.19. The van der Waals surface area contributed by atoms with Crippen LogP contribution in [0.25, 0.3) is 22.0 Å². The molecule has 2 amide bonds. The molecule has 6 rings (SSSR count). The number of hydrogen-bond donors (Lipinski definition) is 2. The van der Waals surface area contributed by atoms with Crippen LogP contribution in [-0.2, 0) is 6.18 Å². The molecule has 11 heteroatoms. The first kappa shape index (κ1) is 24.6. The monoisotopic (exact) mass is 539 g/mol. The van der Waals surface area contributed by atoms with Gasteiger partial charge in [-0.2, -0.15) is 13.2 Å². The van der Waals surface area contributed by atoms with Crippen molar-refractivity contribution in [2.24, 2.45) is 0 Å². The summed E-state index contributed by atoms with van der Waals surface area (Å²) < 4.78 is 38.7. The summed E-state index contributed by atoms with van der Waals surface area (Å²) in [5, 5.41) is 6.71. The highest BCUT2D eigenvalue weighted by atomic mass is 32.1. The van der Waals surface area contributed by atoms with E-state index in [0.717, 1.165) is 35.0 Å². The SMILES string of the molecule is O=C(c1ccc2c(-c3ccc(C(F)(F)F)cc3)c[nH]c2c1)N1CC(N[C@H]2CCN(C(=O)c3nccs3)C2)C1. The minimum atomic E-state index is -4.38. The van der Waals surface area contributed by atoms with Gasteiger partial charge in [-0.1, -0.05) is 18.2 Å². The minimum absolute atomic E-state index is 0.0316. The Bertz CT molecular complexity index is 1480. The number of carbonyl (C=O) groups excluding carboxylic acids is 2. The third kappa shape index (κ3) is 4.67. The first-order valence-electron chi connectivity index (χ1n) is 12.3. The van der Waals surface area contributed by atoms with Gasteiger partial charge >= 0.3 is 6.18 Å². The van der Waals surface area contributed by atoms with Crippen LogP contribution >= 0.6 is 11.3 Å². The standard InChI is InChI=1S/C27H24F3N5O2S/c28-27(29,30)18-4-1-16(2-5-18)22-12-32-23-11-17(3-6-21(22)23)25(36)35-14-20(15-35)33-19-7-9-34(13-19)26(37)24-31-8-10-38-24/h1-6,8,10-12,19-20,32-33H,7,9,13-15H2/t19-/m0/s1. The molecule has 2 fully saturated rings. The fourth-order valence-electron chi connectivity index (χ4n) is 5.15. The maximum absolute atomic E-state index is 13.1. The molecule has 7 nitrogen and oxygen atoms in total. The van der Waals surface area contributed by atoms with Gasteiger partial charge in [-0.05, 0) is 36.2 Å². The molecule has 0 spiro atoms. The number of alkyl halides is 3. The second-order valence-corrected chi connectivity index (χ2v) is 10.6. The Balaban J connectivity index is 1.05. The highest BCUT2D eigenvalue weighted by Gasteiger charge is 2.35.